The van der Waals surface area contributed by atoms with Gasteiger partial charge in [-0.3, -0.25) is 0 Å². The van der Waals surface area contributed by atoms with Gasteiger partial charge in [-0.1, -0.05) is 11.6 Å². The van der Waals surface area contributed by atoms with E-state index in [2.05, 4.69) is 0 Å². The van der Waals surface area contributed by atoms with E-state index in [1.54, 1.807) is 12.1 Å². The first-order valence-corrected chi connectivity index (χ1v) is 7.68. The van der Waals surface area contributed by atoms with Crippen LogP contribution in [0, 0.1) is 0 Å². The standard InChI is InChI=1S/C11H15Cl2NO3S/c1-17-9-8-14(7-6-12)18(15,16)11-4-2-10(13)3-5-11/h2-5H,6-9H2,1H3. The first kappa shape index (κ1) is 15.7. The van der Waals surface area contributed by atoms with E-state index in [4.69, 9.17) is 27.9 Å². The maximum atomic E-state index is 12.3. The van der Waals surface area contributed by atoms with Crippen LogP contribution in [0.15, 0.2) is 29.2 Å². The molecule has 0 radical (unpaired) electrons. The SMILES string of the molecule is COCCN(CCCl)S(=O)(=O)c1ccc(Cl)cc1. The molecule has 0 aromatic heterocycles. The van der Waals surface area contributed by atoms with Crippen molar-refractivity contribution in [3.63, 3.8) is 0 Å². The molecule has 0 saturated heterocycles. The third-order valence-corrected chi connectivity index (χ3v) is 4.66. The molecule has 0 atom stereocenters. The second kappa shape index (κ2) is 7.31. The molecule has 0 N–H and O–H groups in total. The summed E-state index contributed by atoms with van der Waals surface area (Å²) in [6.45, 7) is 0.841. The van der Waals surface area contributed by atoms with Gasteiger partial charge in [0.2, 0.25) is 10.0 Å². The highest BCUT2D eigenvalue weighted by Gasteiger charge is 2.23. The van der Waals surface area contributed by atoms with Gasteiger partial charge < -0.3 is 4.74 Å². The molecule has 1 rings (SSSR count). The fourth-order valence-electron chi connectivity index (χ4n) is 1.40. The van der Waals surface area contributed by atoms with Gasteiger partial charge in [0.25, 0.3) is 0 Å². The molecule has 0 bridgehead atoms. The summed E-state index contributed by atoms with van der Waals surface area (Å²) in [4.78, 5) is 0.202. The summed E-state index contributed by atoms with van der Waals surface area (Å²) in [6.07, 6.45) is 0. The van der Waals surface area contributed by atoms with E-state index < -0.39 is 10.0 Å². The quantitative estimate of drug-likeness (QED) is 0.725. The van der Waals surface area contributed by atoms with Gasteiger partial charge in [-0.2, -0.15) is 4.31 Å². The van der Waals surface area contributed by atoms with Crippen molar-refractivity contribution in [1.29, 1.82) is 0 Å². The Kier molecular flexibility index (Phi) is 6.38. The van der Waals surface area contributed by atoms with E-state index >= 15 is 0 Å². The molecule has 0 fully saturated rings. The normalized spacial score (nSPS) is 12.0. The smallest absolute Gasteiger partial charge is 0.243 e. The summed E-state index contributed by atoms with van der Waals surface area (Å²) in [6, 6.07) is 6.05. The molecular formula is C11H15Cl2NO3S. The lowest BCUT2D eigenvalue weighted by Gasteiger charge is -2.20. The lowest BCUT2D eigenvalue weighted by Crippen LogP contribution is -2.35. The average Bonchev–Trinajstić information content (AvgIpc) is 2.35. The summed E-state index contributed by atoms with van der Waals surface area (Å²) >= 11 is 11.4. The van der Waals surface area contributed by atoms with E-state index in [-0.39, 0.29) is 23.9 Å². The molecule has 0 heterocycles. The molecule has 4 nitrogen and oxygen atoms in total. The van der Waals surface area contributed by atoms with E-state index in [0.29, 0.717) is 11.6 Å². The van der Waals surface area contributed by atoms with Crippen molar-refractivity contribution in [3.05, 3.63) is 29.3 Å². The average molecular weight is 312 g/mol. The maximum absolute atomic E-state index is 12.3. The summed E-state index contributed by atoms with van der Waals surface area (Å²) in [7, 11) is -2.02. The highest BCUT2D eigenvalue weighted by Crippen LogP contribution is 2.18. The summed E-state index contributed by atoms with van der Waals surface area (Å²) in [5, 5.41) is 0.495. The minimum atomic E-state index is -3.54. The molecule has 0 saturated carbocycles. The molecule has 102 valence electrons. The van der Waals surface area contributed by atoms with Crippen LogP contribution < -0.4 is 0 Å². The van der Waals surface area contributed by atoms with Crippen LogP contribution in [0.5, 0.6) is 0 Å². The first-order chi connectivity index (χ1) is 8.52. The van der Waals surface area contributed by atoms with Crippen molar-refractivity contribution in [2.45, 2.75) is 4.90 Å². The predicted octanol–water partition coefficient (Wildman–Crippen LogP) is 2.22. The van der Waals surface area contributed by atoms with Gasteiger partial charge in [-0.15, -0.1) is 11.6 Å². The van der Waals surface area contributed by atoms with Crippen LogP contribution in [0.4, 0.5) is 0 Å². The van der Waals surface area contributed by atoms with Gasteiger partial charge in [0.1, 0.15) is 0 Å². The number of benzene rings is 1. The molecule has 1 aromatic rings. The van der Waals surface area contributed by atoms with Gasteiger partial charge in [-0.05, 0) is 24.3 Å². The minimum absolute atomic E-state index is 0.202. The Labute approximate surface area is 117 Å². The number of hydrogen-bond acceptors (Lipinski definition) is 3. The van der Waals surface area contributed by atoms with Crippen molar-refractivity contribution >= 4 is 33.2 Å². The molecule has 7 heteroatoms. The molecule has 0 unspecified atom stereocenters. The predicted molar refractivity (Wildman–Crippen MR) is 72.8 cm³/mol. The largest absolute Gasteiger partial charge is 0.383 e. The van der Waals surface area contributed by atoms with E-state index in [1.165, 1.54) is 23.5 Å². The fourth-order valence-corrected chi connectivity index (χ4v) is 3.25. The van der Waals surface area contributed by atoms with Gasteiger partial charge in [0.15, 0.2) is 0 Å². The zero-order valence-corrected chi connectivity index (χ0v) is 12.3. The number of alkyl halides is 1. The molecule has 0 amide bonds. The number of sulfonamides is 1. The van der Waals surface area contributed by atoms with Crippen LogP contribution in [-0.2, 0) is 14.8 Å². The topological polar surface area (TPSA) is 46.6 Å². The molecule has 0 aliphatic rings. The number of hydrogen-bond donors (Lipinski definition) is 0. The van der Waals surface area contributed by atoms with Crippen LogP contribution in [0.1, 0.15) is 0 Å². The molecule has 0 aliphatic carbocycles. The van der Waals surface area contributed by atoms with Gasteiger partial charge in [-0.25, -0.2) is 8.42 Å². The van der Waals surface area contributed by atoms with Crippen LogP contribution in [0.3, 0.4) is 0 Å². The Bertz CT molecular complexity index is 462. The van der Waals surface area contributed by atoms with Crippen molar-refractivity contribution in [2.24, 2.45) is 0 Å². The van der Waals surface area contributed by atoms with Crippen LogP contribution in [0.2, 0.25) is 5.02 Å². The zero-order valence-electron chi connectivity index (χ0n) is 9.97. The Morgan fingerprint density at radius 3 is 2.33 bits per heavy atom. The Morgan fingerprint density at radius 1 is 1.22 bits per heavy atom. The minimum Gasteiger partial charge on any atom is -0.383 e. The van der Waals surface area contributed by atoms with Gasteiger partial charge in [0.05, 0.1) is 11.5 Å². The molecule has 1 aromatic carbocycles. The third kappa shape index (κ3) is 4.10. The second-order valence-corrected chi connectivity index (χ2v) is 6.29. The molecule has 18 heavy (non-hydrogen) atoms. The third-order valence-electron chi connectivity index (χ3n) is 2.33. The lowest BCUT2D eigenvalue weighted by atomic mass is 10.4. The van der Waals surface area contributed by atoms with Crippen LogP contribution in [-0.4, -0.2) is 45.4 Å². The zero-order chi connectivity index (χ0) is 13.6. The summed E-state index contributed by atoms with van der Waals surface area (Å²) in [5.74, 6) is 0.233. The lowest BCUT2D eigenvalue weighted by molar-refractivity contribution is 0.180. The van der Waals surface area contributed by atoms with E-state index in [0.717, 1.165) is 0 Å². The number of rotatable bonds is 7. The Morgan fingerprint density at radius 2 is 1.83 bits per heavy atom. The highest BCUT2D eigenvalue weighted by molar-refractivity contribution is 7.89. The monoisotopic (exact) mass is 311 g/mol. The fraction of sp³-hybridized carbons (Fsp3) is 0.455. The van der Waals surface area contributed by atoms with Crippen molar-refractivity contribution in [2.75, 3.05) is 32.7 Å². The van der Waals surface area contributed by atoms with Crippen LogP contribution in [0.25, 0.3) is 0 Å². The highest BCUT2D eigenvalue weighted by atomic mass is 35.5. The van der Waals surface area contributed by atoms with E-state index in [1.807, 2.05) is 0 Å². The Hall–Kier alpha value is -0.330. The molecular weight excluding hydrogens is 297 g/mol. The van der Waals surface area contributed by atoms with Gasteiger partial charge in [0, 0.05) is 31.1 Å². The van der Waals surface area contributed by atoms with Crippen LogP contribution >= 0.6 is 23.2 Å². The number of halogens is 2. The number of nitrogens with zero attached hydrogens (tertiary/aromatic N) is 1. The Balaban J connectivity index is 2.96. The van der Waals surface area contributed by atoms with Crippen molar-refractivity contribution in [1.82, 2.24) is 4.31 Å². The number of methoxy groups -OCH3 is 1. The molecule has 0 aliphatic heterocycles. The summed E-state index contributed by atoms with van der Waals surface area (Å²) < 4.78 is 30.8. The van der Waals surface area contributed by atoms with E-state index in [9.17, 15) is 8.42 Å². The van der Waals surface area contributed by atoms with Crippen molar-refractivity contribution < 1.29 is 13.2 Å². The molecule has 0 spiro atoms. The maximum Gasteiger partial charge on any atom is 0.243 e. The van der Waals surface area contributed by atoms with Crippen molar-refractivity contribution in [3.8, 4) is 0 Å². The second-order valence-electron chi connectivity index (χ2n) is 3.54. The first-order valence-electron chi connectivity index (χ1n) is 5.33. The summed E-state index contributed by atoms with van der Waals surface area (Å²) in [5.41, 5.74) is 0. The number of ether oxygens (including phenoxy) is 1. The van der Waals surface area contributed by atoms with Gasteiger partial charge >= 0.3 is 0 Å².